The number of carbonyl (C=O) groups excluding carboxylic acids is 2. The van der Waals surface area contributed by atoms with Gasteiger partial charge in [-0.1, -0.05) is 19.9 Å². The average Bonchev–Trinajstić information content (AvgIpc) is 3.19. The van der Waals surface area contributed by atoms with Crippen molar-refractivity contribution in [2.75, 3.05) is 53.0 Å². The molecule has 2 aromatic carbocycles. The Balaban J connectivity index is 2.12. The zero-order chi connectivity index (χ0) is 32.8. The van der Waals surface area contributed by atoms with Gasteiger partial charge in [-0.15, -0.1) is 0 Å². The normalized spacial score (nSPS) is 15.0. The fraction of sp³-hybridized carbons (Fsp3) is 0.516. The van der Waals surface area contributed by atoms with Gasteiger partial charge in [0.2, 0.25) is 33.0 Å². The highest BCUT2D eigenvalue weighted by atomic mass is 32.2. The van der Waals surface area contributed by atoms with Gasteiger partial charge in [0.1, 0.15) is 6.04 Å². The molecule has 0 unspecified atom stereocenters. The van der Waals surface area contributed by atoms with Crippen LogP contribution in [-0.4, -0.2) is 78.3 Å². The van der Waals surface area contributed by atoms with Crippen molar-refractivity contribution in [2.24, 2.45) is 5.92 Å². The summed E-state index contributed by atoms with van der Waals surface area (Å²) in [4.78, 5) is 39.1. The zero-order valence-corrected chi connectivity index (χ0v) is 27.5. The number of hydrogen-bond acceptors (Lipinski definition) is 9. The van der Waals surface area contributed by atoms with Crippen LogP contribution >= 0.6 is 0 Å². The van der Waals surface area contributed by atoms with E-state index < -0.39 is 28.0 Å². The third-order valence-corrected chi connectivity index (χ3v) is 9.32. The minimum Gasteiger partial charge on any atom is -0.493 e. The molecule has 2 aromatic rings. The van der Waals surface area contributed by atoms with Crippen LogP contribution in [0.25, 0.3) is 11.1 Å². The van der Waals surface area contributed by atoms with Gasteiger partial charge in [-0.25, -0.2) is 12.7 Å². The van der Waals surface area contributed by atoms with Gasteiger partial charge in [0.05, 0.1) is 38.8 Å². The van der Waals surface area contributed by atoms with Crippen molar-refractivity contribution in [2.45, 2.75) is 52.1 Å². The highest BCUT2D eigenvalue weighted by molar-refractivity contribution is 7.89. The van der Waals surface area contributed by atoms with Crippen LogP contribution in [0, 0.1) is 5.92 Å². The average molecular weight is 633 g/mol. The topological polar surface area (TPSA) is 152 Å². The molecule has 0 bridgehead atoms. The molecule has 0 aliphatic heterocycles. The molecule has 0 spiro atoms. The highest BCUT2D eigenvalue weighted by Crippen LogP contribution is 2.50. The first-order chi connectivity index (χ1) is 20.7. The van der Waals surface area contributed by atoms with E-state index in [-0.39, 0.29) is 35.2 Å². The number of nitrogens with one attached hydrogen (secondary N) is 3. The molecule has 1 aliphatic rings. The summed E-state index contributed by atoms with van der Waals surface area (Å²) in [6.07, 6.45) is 1.47. The van der Waals surface area contributed by atoms with Crippen molar-refractivity contribution in [3.8, 4) is 28.4 Å². The summed E-state index contributed by atoms with van der Waals surface area (Å²) in [5.74, 6) is 0.516. The number of methoxy groups -OCH3 is 3. The molecule has 12 nitrogen and oxygen atoms in total. The van der Waals surface area contributed by atoms with Gasteiger partial charge in [-0.05, 0) is 60.1 Å². The van der Waals surface area contributed by atoms with E-state index in [2.05, 4.69) is 16.0 Å². The zero-order valence-electron chi connectivity index (χ0n) is 26.7. The number of anilines is 1. The van der Waals surface area contributed by atoms with Gasteiger partial charge in [0, 0.05) is 33.1 Å². The lowest BCUT2D eigenvalue weighted by Gasteiger charge is -2.21. The minimum absolute atomic E-state index is 0.0724. The summed E-state index contributed by atoms with van der Waals surface area (Å²) in [6.45, 7) is 5.26. The van der Waals surface area contributed by atoms with Gasteiger partial charge < -0.3 is 30.2 Å². The Labute approximate surface area is 259 Å². The van der Waals surface area contributed by atoms with Crippen LogP contribution in [0.1, 0.15) is 50.8 Å². The first kappa shape index (κ1) is 34.6. The maximum Gasteiger partial charge on any atom is 0.242 e. The van der Waals surface area contributed by atoms with Gasteiger partial charge >= 0.3 is 0 Å². The van der Waals surface area contributed by atoms with E-state index in [1.165, 1.54) is 41.3 Å². The lowest BCUT2D eigenvalue weighted by Crippen LogP contribution is -2.43. The predicted octanol–water partition coefficient (Wildman–Crippen LogP) is 2.70. The summed E-state index contributed by atoms with van der Waals surface area (Å²) >= 11 is 0. The van der Waals surface area contributed by atoms with E-state index in [9.17, 15) is 22.8 Å². The molecule has 0 aromatic heterocycles. The van der Waals surface area contributed by atoms with Crippen molar-refractivity contribution in [3.63, 3.8) is 0 Å². The predicted molar refractivity (Wildman–Crippen MR) is 170 cm³/mol. The van der Waals surface area contributed by atoms with E-state index >= 15 is 0 Å². The number of sulfonamides is 1. The molecule has 2 atom stereocenters. The minimum atomic E-state index is -3.49. The number of nitrogens with zero attached hydrogens (tertiary/aromatic N) is 1. The van der Waals surface area contributed by atoms with Gasteiger partial charge in [0.25, 0.3) is 0 Å². The molecular weight excluding hydrogens is 588 g/mol. The summed E-state index contributed by atoms with van der Waals surface area (Å²) < 4.78 is 42.4. The molecule has 3 rings (SSSR count). The first-order valence-corrected chi connectivity index (χ1v) is 16.1. The number of amides is 2. The molecule has 0 heterocycles. The van der Waals surface area contributed by atoms with Crippen LogP contribution in [0.2, 0.25) is 0 Å². The summed E-state index contributed by atoms with van der Waals surface area (Å²) in [5.41, 5.74) is 2.68. The molecule has 0 saturated carbocycles. The molecule has 3 N–H and O–H groups in total. The van der Waals surface area contributed by atoms with Crippen molar-refractivity contribution in [1.82, 2.24) is 14.9 Å². The molecule has 0 fully saturated rings. The standard InChI is InChI=1S/C31H44N4O8S/c1-18(2)15-25(31(38)32-13-14-44(39,40)35(4)5)34-24-12-10-21-22(17-26(24)37)23(33-19(3)36)11-9-20-16-27(41-6)29(42-7)30(43-8)28(20)21/h10,12,16-18,23,25H,9,11,13-15H2,1-8H3,(H,32,38)(H,33,36)(H,34,37)/t23-,25-/m0/s1. The smallest absolute Gasteiger partial charge is 0.242 e. The largest absolute Gasteiger partial charge is 0.493 e. The highest BCUT2D eigenvalue weighted by Gasteiger charge is 2.30. The van der Waals surface area contributed by atoms with Gasteiger partial charge in [-0.2, -0.15) is 0 Å². The number of fused-ring (bicyclic) bond motifs is 3. The summed E-state index contributed by atoms with van der Waals surface area (Å²) in [7, 11) is 3.97. The van der Waals surface area contributed by atoms with Gasteiger partial charge in [0.15, 0.2) is 11.5 Å². The van der Waals surface area contributed by atoms with E-state index in [1.54, 1.807) is 19.2 Å². The monoisotopic (exact) mass is 632 g/mol. The number of carbonyl (C=O) groups is 2. The quantitative estimate of drug-likeness (QED) is 0.303. The Bertz CT molecular complexity index is 1540. The lowest BCUT2D eigenvalue weighted by molar-refractivity contribution is -0.122. The molecule has 44 heavy (non-hydrogen) atoms. The van der Waals surface area contributed by atoms with Crippen LogP contribution in [0.4, 0.5) is 5.69 Å². The maximum atomic E-state index is 13.7. The molecule has 242 valence electrons. The van der Waals surface area contributed by atoms with Gasteiger partial charge in [-0.3, -0.25) is 14.4 Å². The maximum absolute atomic E-state index is 13.7. The Morgan fingerprint density at radius 3 is 2.30 bits per heavy atom. The molecule has 0 saturated heterocycles. The second kappa shape index (κ2) is 14.8. The Morgan fingerprint density at radius 2 is 1.73 bits per heavy atom. The van der Waals surface area contributed by atoms with Crippen molar-refractivity contribution >= 4 is 27.5 Å². The Hall–Kier alpha value is -3.84. The molecule has 0 radical (unpaired) electrons. The lowest BCUT2D eigenvalue weighted by atomic mass is 9.95. The number of rotatable bonds is 13. The fourth-order valence-corrected chi connectivity index (χ4v) is 6.05. The third-order valence-electron chi connectivity index (χ3n) is 7.48. The SMILES string of the molecule is COc1cc2c(c(OC)c1OC)-c1ccc(N[C@@H](CC(C)C)C(=O)NCCS(=O)(=O)N(C)C)c(=O)cc1[C@@H](NC(C)=O)CC2. The van der Waals surface area contributed by atoms with Crippen molar-refractivity contribution in [3.05, 3.63) is 45.6 Å². The van der Waals surface area contributed by atoms with E-state index in [1.807, 2.05) is 19.9 Å². The molecular formula is C31H44N4O8S. The first-order valence-electron chi connectivity index (χ1n) is 14.5. The van der Waals surface area contributed by atoms with Crippen molar-refractivity contribution in [1.29, 1.82) is 0 Å². The van der Waals surface area contributed by atoms with Crippen LogP contribution in [-0.2, 0) is 26.0 Å². The van der Waals surface area contributed by atoms with Crippen LogP contribution in [0.15, 0.2) is 29.1 Å². The van der Waals surface area contributed by atoms with E-state index in [0.717, 1.165) is 9.87 Å². The van der Waals surface area contributed by atoms with Crippen LogP contribution in [0.3, 0.4) is 0 Å². The Kier molecular flexibility index (Phi) is 11.6. The van der Waals surface area contributed by atoms with E-state index in [4.69, 9.17) is 14.2 Å². The number of benzene rings is 1. The third kappa shape index (κ3) is 8.00. The molecule has 1 aliphatic carbocycles. The second-order valence-electron chi connectivity index (χ2n) is 11.3. The number of hydrogen-bond donors (Lipinski definition) is 3. The summed E-state index contributed by atoms with van der Waals surface area (Å²) in [6, 6.07) is 5.48. The number of ether oxygens (including phenoxy) is 3. The second-order valence-corrected chi connectivity index (χ2v) is 13.6. The van der Waals surface area contributed by atoms with Crippen LogP contribution < -0.4 is 35.6 Å². The fourth-order valence-electron chi connectivity index (χ4n) is 5.33. The van der Waals surface area contributed by atoms with Crippen molar-refractivity contribution < 1.29 is 32.2 Å². The summed E-state index contributed by atoms with van der Waals surface area (Å²) in [5, 5.41) is 8.78. The van der Waals surface area contributed by atoms with Crippen LogP contribution in [0.5, 0.6) is 17.2 Å². The Morgan fingerprint density at radius 1 is 1.05 bits per heavy atom. The number of aryl methyl sites for hydroxylation is 1. The van der Waals surface area contributed by atoms with E-state index in [0.29, 0.717) is 53.2 Å². The molecule has 2 amide bonds. The molecule has 13 heteroatoms.